The number of anilines is 2. The van der Waals surface area contributed by atoms with Crippen LogP contribution in [0.4, 0.5) is 11.4 Å². The highest BCUT2D eigenvalue weighted by Gasteiger charge is 2.35. The standard InChI is InChI=1S/C18H27N3O2/c1-6-18(7-2)12-21(11-13(3)10-19)15-9-17(23-5)16(22-4)8-14(15)20-18/h8-9,13,20H,6-7,11-12H2,1-5H3. The topological polar surface area (TPSA) is 57.5 Å². The van der Waals surface area contributed by atoms with Crippen molar-refractivity contribution in [3.05, 3.63) is 12.1 Å². The van der Waals surface area contributed by atoms with Gasteiger partial charge >= 0.3 is 0 Å². The highest BCUT2D eigenvalue weighted by Crippen LogP contribution is 2.44. The molecule has 0 saturated carbocycles. The van der Waals surface area contributed by atoms with Crippen molar-refractivity contribution in [2.24, 2.45) is 5.92 Å². The van der Waals surface area contributed by atoms with Gasteiger partial charge in [-0.15, -0.1) is 0 Å². The van der Waals surface area contributed by atoms with Gasteiger partial charge in [-0.2, -0.15) is 5.26 Å². The van der Waals surface area contributed by atoms with Gasteiger partial charge in [0.05, 0.1) is 43.1 Å². The van der Waals surface area contributed by atoms with Crippen molar-refractivity contribution in [1.29, 1.82) is 5.26 Å². The Hall–Kier alpha value is -2.09. The van der Waals surface area contributed by atoms with Crippen molar-refractivity contribution in [2.75, 3.05) is 37.5 Å². The van der Waals surface area contributed by atoms with E-state index in [0.717, 1.165) is 36.5 Å². The molecule has 1 aliphatic heterocycles. The molecule has 0 aromatic heterocycles. The van der Waals surface area contributed by atoms with E-state index in [9.17, 15) is 5.26 Å². The molecule has 1 heterocycles. The van der Waals surface area contributed by atoms with E-state index in [2.05, 4.69) is 30.1 Å². The molecule has 0 spiro atoms. The van der Waals surface area contributed by atoms with Gasteiger partial charge in [-0.05, 0) is 19.8 Å². The van der Waals surface area contributed by atoms with E-state index in [-0.39, 0.29) is 11.5 Å². The number of ether oxygens (including phenoxy) is 2. The van der Waals surface area contributed by atoms with E-state index >= 15 is 0 Å². The van der Waals surface area contributed by atoms with Crippen LogP contribution in [0.1, 0.15) is 33.6 Å². The predicted octanol–water partition coefficient (Wildman–Crippen LogP) is 3.65. The van der Waals surface area contributed by atoms with Gasteiger partial charge in [0.25, 0.3) is 0 Å². The van der Waals surface area contributed by atoms with Gasteiger partial charge in [-0.3, -0.25) is 0 Å². The Morgan fingerprint density at radius 2 is 1.87 bits per heavy atom. The van der Waals surface area contributed by atoms with Crippen LogP contribution in [0.2, 0.25) is 0 Å². The van der Waals surface area contributed by atoms with Gasteiger partial charge in [0.2, 0.25) is 0 Å². The molecule has 0 aliphatic carbocycles. The molecule has 2 rings (SSSR count). The van der Waals surface area contributed by atoms with Crippen LogP contribution in [0.3, 0.4) is 0 Å². The van der Waals surface area contributed by atoms with Crippen molar-refractivity contribution in [1.82, 2.24) is 0 Å². The Morgan fingerprint density at radius 1 is 1.26 bits per heavy atom. The summed E-state index contributed by atoms with van der Waals surface area (Å²) >= 11 is 0. The Labute approximate surface area is 139 Å². The highest BCUT2D eigenvalue weighted by molar-refractivity contribution is 5.78. The molecular formula is C18H27N3O2. The fourth-order valence-corrected chi connectivity index (χ4v) is 3.19. The molecule has 126 valence electrons. The Kier molecular flexibility index (Phi) is 5.25. The third kappa shape index (κ3) is 3.31. The summed E-state index contributed by atoms with van der Waals surface area (Å²) in [5, 5.41) is 12.9. The van der Waals surface area contributed by atoms with E-state index < -0.39 is 0 Å². The summed E-state index contributed by atoms with van der Waals surface area (Å²) in [7, 11) is 3.29. The number of rotatable bonds is 6. The third-order valence-corrected chi connectivity index (χ3v) is 4.80. The van der Waals surface area contributed by atoms with Crippen molar-refractivity contribution < 1.29 is 9.47 Å². The van der Waals surface area contributed by atoms with Gasteiger partial charge in [0.1, 0.15) is 0 Å². The molecule has 0 radical (unpaired) electrons. The van der Waals surface area contributed by atoms with E-state index in [1.807, 2.05) is 19.1 Å². The number of methoxy groups -OCH3 is 2. The van der Waals surface area contributed by atoms with Crippen LogP contribution < -0.4 is 19.7 Å². The van der Waals surface area contributed by atoms with Gasteiger partial charge in [0, 0.05) is 25.2 Å². The number of nitriles is 1. The molecule has 1 aromatic carbocycles. The summed E-state index contributed by atoms with van der Waals surface area (Å²) in [6.07, 6.45) is 2.05. The second kappa shape index (κ2) is 6.99. The molecule has 0 bridgehead atoms. The highest BCUT2D eigenvalue weighted by atomic mass is 16.5. The first-order valence-electron chi connectivity index (χ1n) is 8.21. The number of nitrogens with one attached hydrogen (secondary N) is 1. The van der Waals surface area contributed by atoms with Crippen LogP contribution in [0.25, 0.3) is 0 Å². The molecule has 0 fully saturated rings. The molecule has 1 aromatic rings. The second-order valence-electron chi connectivity index (χ2n) is 6.25. The molecule has 5 nitrogen and oxygen atoms in total. The minimum absolute atomic E-state index is 0.0157. The zero-order valence-electron chi connectivity index (χ0n) is 14.8. The normalized spacial score (nSPS) is 16.8. The van der Waals surface area contributed by atoms with Gasteiger partial charge in [0.15, 0.2) is 11.5 Å². The second-order valence-corrected chi connectivity index (χ2v) is 6.25. The molecule has 0 amide bonds. The molecule has 5 heteroatoms. The molecule has 23 heavy (non-hydrogen) atoms. The molecule has 0 saturated heterocycles. The first-order valence-corrected chi connectivity index (χ1v) is 8.21. The van der Waals surface area contributed by atoms with Gasteiger partial charge in [-0.25, -0.2) is 0 Å². The summed E-state index contributed by atoms with van der Waals surface area (Å²) in [5.74, 6) is 1.40. The van der Waals surface area contributed by atoms with Crippen molar-refractivity contribution in [3.8, 4) is 17.6 Å². The maximum Gasteiger partial charge on any atom is 0.162 e. The predicted molar refractivity (Wildman–Crippen MR) is 93.5 cm³/mol. The fourth-order valence-electron chi connectivity index (χ4n) is 3.19. The van der Waals surface area contributed by atoms with Crippen LogP contribution in [0.15, 0.2) is 12.1 Å². The average molecular weight is 317 g/mol. The molecule has 1 N–H and O–H groups in total. The van der Waals surface area contributed by atoms with E-state index in [1.54, 1.807) is 14.2 Å². The quantitative estimate of drug-likeness (QED) is 0.868. The smallest absolute Gasteiger partial charge is 0.162 e. The zero-order valence-corrected chi connectivity index (χ0v) is 14.8. The number of fused-ring (bicyclic) bond motifs is 1. The van der Waals surface area contributed by atoms with E-state index in [4.69, 9.17) is 9.47 Å². The molecule has 1 unspecified atom stereocenters. The van der Waals surface area contributed by atoms with Gasteiger partial charge in [-0.1, -0.05) is 13.8 Å². The Balaban J connectivity index is 2.50. The van der Waals surface area contributed by atoms with Crippen LogP contribution >= 0.6 is 0 Å². The largest absolute Gasteiger partial charge is 0.493 e. The molecule has 1 aliphatic rings. The van der Waals surface area contributed by atoms with Crippen LogP contribution in [-0.4, -0.2) is 32.8 Å². The first-order chi connectivity index (χ1) is 11.0. The van der Waals surface area contributed by atoms with Crippen LogP contribution in [0, 0.1) is 17.2 Å². The summed E-state index contributed by atoms with van der Waals surface area (Å²) < 4.78 is 10.9. The lowest BCUT2D eigenvalue weighted by Crippen LogP contribution is -2.52. The number of benzene rings is 1. The van der Waals surface area contributed by atoms with Gasteiger partial charge < -0.3 is 19.7 Å². The number of hydrogen-bond acceptors (Lipinski definition) is 5. The maximum absolute atomic E-state index is 9.20. The first kappa shape index (κ1) is 17.3. The van der Waals surface area contributed by atoms with Crippen LogP contribution in [-0.2, 0) is 0 Å². The lowest BCUT2D eigenvalue weighted by Gasteiger charge is -2.46. The number of hydrogen-bond donors (Lipinski definition) is 1. The average Bonchev–Trinajstić information content (AvgIpc) is 2.59. The number of nitrogens with zero attached hydrogens (tertiary/aromatic N) is 2. The maximum atomic E-state index is 9.20. The minimum atomic E-state index is -0.0274. The monoisotopic (exact) mass is 317 g/mol. The third-order valence-electron chi connectivity index (χ3n) is 4.80. The van der Waals surface area contributed by atoms with Crippen molar-refractivity contribution in [2.45, 2.75) is 39.2 Å². The minimum Gasteiger partial charge on any atom is -0.493 e. The lowest BCUT2D eigenvalue weighted by atomic mass is 9.88. The van der Waals surface area contributed by atoms with E-state index in [1.165, 1.54) is 0 Å². The summed E-state index contributed by atoms with van der Waals surface area (Å²) in [5.41, 5.74) is 2.13. The van der Waals surface area contributed by atoms with Crippen LogP contribution in [0.5, 0.6) is 11.5 Å². The van der Waals surface area contributed by atoms with Crippen molar-refractivity contribution in [3.63, 3.8) is 0 Å². The summed E-state index contributed by atoms with van der Waals surface area (Å²) in [6, 6.07) is 6.34. The Bertz CT molecular complexity index is 591. The van der Waals surface area contributed by atoms with Crippen molar-refractivity contribution >= 4 is 11.4 Å². The Morgan fingerprint density at radius 3 is 2.39 bits per heavy atom. The van der Waals surface area contributed by atoms with E-state index in [0.29, 0.717) is 12.3 Å². The molecule has 1 atom stereocenters. The SMILES string of the molecule is CCC1(CC)CN(CC(C)C#N)c2cc(OC)c(OC)cc2N1. The summed E-state index contributed by atoms with van der Waals surface area (Å²) in [6.45, 7) is 7.96. The fraction of sp³-hybridized carbons (Fsp3) is 0.611. The zero-order chi connectivity index (χ0) is 17.0. The lowest BCUT2D eigenvalue weighted by molar-refractivity contribution is 0.353. The summed E-state index contributed by atoms with van der Waals surface area (Å²) in [4.78, 5) is 2.30. The molecular weight excluding hydrogens is 290 g/mol.